The Morgan fingerprint density at radius 2 is 2.07 bits per heavy atom. The van der Waals surface area contributed by atoms with Crippen molar-refractivity contribution in [3.8, 4) is 0 Å². The molecule has 0 amide bonds. The number of hydrogen-bond acceptors (Lipinski definition) is 3. The van der Waals surface area contributed by atoms with Crippen LogP contribution < -0.4 is 0 Å². The third-order valence-electron chi connectivity index (χ3n) is 1.87. The van der Waals surface area contributed by atoms with Crippen LogP contribution in [0.4, 0.5) is 0 Å². The summed E-state index contributed by atoms with van der Waals surface area (Å²) in [5, 5.41) is 0.817. The second kappa shape index (κ2) is 4.73. The lowest BCUT2D eigenvalue weighted by atomic mass is 10.4. The summed E-state index contributed by atoms with van der Waals surface area (Å²) >= 11 is 7.21. The maximum absolute atomic E-state index is 5.65. The van der Waals surface area contributed by atoms with E-state index in [1.165, 1.54) is 0 Å². The molecule has 0 fully saturated rings. The number of halogens is 1. The number of rotatable bonds is 3. The Bertz CT molecular complexity index is 441. The molecule has 2 rings (SSSR count). The number of nitrogens with zero attached hydrogens (tertiary/aromatic N) is 1. The quantitative estimate of drug-likeness (QED) is 0.761. The molecule has 0 spiro atoms. The van der Waals surface area contributed by atoms with Gasteiger partial charge in [0.25, 0.3) is 0 Å². The Balaban J connectivity index is 2.21. The standard InChI is InChI=1S/C11H10ClNOS/c1-8-11(14-10(7-12)13-8)15-9-5-3-2-4-6-9/h2-6H,7H2,1H3. The van der Waals surface area contributed by atoms with Gasteiger partial charge in [-0.1, -0.05) is 30.0 Å². The van der Waals surface area contributed by atoms with Crippen LogP contribution in [0.3, 0.4) is 0 Å². The molecule has 2 aromatic rings. The summed E-state index contributed by atoms with van der Waals surface area (Å²) in [6, 6.07) is 10.1. The molecular weight excluding hydrogens is 230 g/mol. The van der Waals surface area contributed by atoms with Crippen molar-refractivity contribution in [1.82, 2.24) is 4.98 Å². The first-order chi connectivity index (χ1) is 7.29. The lowest BCUT2D eigenvalue weighted by Gasteiger charge is -1.96. The molecule has 4 heteroatoms. The fraction of sp³-hybridized carbons (Fsp3) is 0.182. The number of oxazole rings is 1. The van der Waals surface area contributed by atoms with E-state index in [4.69, 9.17) is 16.0 Å². The third-order valence-corrected chi connectivity index (χ3v) is 3.17. The van der Waals surface area contributed by atoms with Crippen molar-refractivity contribution in [2.45, 2.75) is 22.8 Å². The minimum atomic E-state index is 0.316. The number of aryl methyl sites for hydroxylation is 1. The lowest BCUT2D eigenvalue weighted by Crippen LogP contribution is -1.75. The maximum Gasteiger partial charge on any atom is 0.210 e. The SMILES string of the molecule is Cc1nc(CCl)oc1Sc1ccccc1. The van der Waals surface area contributed by atoms with Crippen LogP contribution in [0.25, 0.3) is 0 Å². The van der Waals surface area contributed by atoms with Gasteiger partial charge in [0.1, 0.15) is 0 Å². The average Bonchev–Trinajstić information content (AvgIpc) is 2.61. The van der Waals surface area contributed by atoms with E-state index >= 15 is 0 Å². The van der Waals surface area contributed by atoms with E-state index in [0.29, 0.717) is 11.8 Å². The molecule has 0 atom stereocenters. The van der Waals surface area contributed by atoms with Gasteiger partial charge in [-0.2, -0.15) is 0 Å². The average molecular weight is 240 g/mol. The third kappa shape index (κ3) is 2.55. The lowest BCUT2D eigenvalue weighted by molar-refractivity contribution is 0.435. The predicted octanol–water partition coefficient (Wildman–Crippen LogP) is 3.87. The van der Waals surface area contributed by atoms with Crippen LogP contribution in [0.1, 0.15) is 11.6 Å². The Labute approximate surface area is 97.7 Å². The molecule has 1 aromatic carbocycles. The van der Waals surface area contributed by atoms with E-state index < -0.39 is 0 Å². The van der Waals surface area contributed by atoms with Crippen LogP contribution in [0, 0.1) is 6.92 Å². The largest absolute Gasteiger partial charge is 0.433 e. The minimum absolute atomic E-state index is 0.316. The summed E-state index contributed by atoms with van der Waals surface area (Å²) in [6.45, 7) is 1.92. The zero-order valence-electron chi connectivity index (χ0n) is 8.24. The zero-order chi connectivity index (χ0) is 10.7. The normalized spacial score (nSPS) is 10.5. The predicted molar refractivity (Wildman–Crippen MR) is 61.4 cm³/mol. The molecule has 0 aliphatic carbocycles. The van der Waals surface area contributed by atoms with Crippen molar-refractivity contribution >= 4 is 23.4 Å². The second-order valence-corrected chi connectivity index (χ2v) is 4.34. The minimum Gasteiger partial charge on any atom is -0.433 e. The molecule has 78 valence electrons. The van der Waals surface area contributed by atoms with Gasteiger partial charge in [-0.3, -0.25) is 0 Å². The highest BCUT2D eigenvalue weighted by atomic mass is 35.5. The van der Waals surface area contributed by atoms with Gasteiger partial charge in [0.15, 0.2) is 5.09 Å². The fourth-order valence-corrected chi connectivity index (χ4v) is 2.14. The van der Waals surface area contributed by atoms with Crippen LogP contribution in [-0.2, 0) is 5.88 Å². The molecule has 2 nitrogen and oxygen atoms in total. The number of benzene rings is 1. The fourth-order valence-electron chi connectivity index (χ4n) is 1.18. The smallest absolute Gasteiger partial charge is 0.210 e. The van der Waals surface area contributed by atoms with Gasteiger partial charge >= 0.3 is 0 Å². The molecule has 0 bridgehead atoms. The zero-order valence-corrected chi connectivity index (χ0v) is 9.81. The molecular formula is C11H10ClNOS. The molecule has 1 heterocycles. The number of alkyl halides is 1. The van der Waals surface area contributed by atoms with Crippen molar-refractivity contribution in [3.05, 3.63) is 41.9 Å². The van der Waals surface area contributed by atoms with Crippen LogP contribution >= 0.6 is 23.4 Å². The highest BCUT2D eigenvalue weighted by Gasteiger charge is 2.09. The van der Waals surface area contributed by atoms with Crippen LogP contribution in [0.5, 0.6) is 0 Å². The first-order valence-corrected chi connectivity index (χ1v) is 5.90. The van der Waals surface area contributed by atoms with Gasteiger partial charge in [-0.15, -0.1) is 11.6 Å². The van der Waals surface area contributed by atoms with Gasteiger partial charge in [0.05, 0.1) is 11.6 Å². The van der Waals surface area contributed by atoms with Crippen molar-refractivity contribution in [3.63, 3.8) is 0 Å². The topological polar surface area (TPSA) is 26.0 Å². The molecule has 0 unspecified atom stereocenters. The highest BCUT2D eigenvalue weighted by Crippen LogP contribution is 2.30. The Morgan fingerprint density at radius 1 is 1.33 bits per heavy atom. The van der Waals surface area contributed by atoms with E-state index in [-0.39, 0.29) is 0 Å². The van der Waals surface area contributed by atoms with Crippen LogP contribution in [0.15, 0.2) is 44.7 Å². The van der Waals surface area contributed by atoms with E-state index in [2.05, 4.69) is 4.98 Å². The van der Waals surface area contributed by atoms with Crippen molar-refractivity contribution < 1.29 is 4.42 Å². The van der Waals surface area contributed by atoms with Gasteiger partial charge in [0, 0.05) is 4.90 Å². The summed E-state index contributed by atoms with van der Waals surface area (Å²) in [5.41, 5.74) is 0.888. The Morgan fingerprint density at radius 3 is 2.67 bits per heavy atom. The van der Waals surface area contributed by atoms with Crippen LogP contribution in [0.2, 0.25) is 0 Å². The van der Waals surface area contributed by atoms with E-state index in [0.717, 1.165) is 15.7 Å². The van der Waals surface area contributed by atoms with Crippen molar-refractivity contribution in [2.75, 3.05) is 0 Å². The van der Waals surface area contributed by atoms with E-state index in [9.17, 15) is 0 Å². The second-order valence-electron chi connectivity index (χ2n) is 3.03. The van der Waals surface area contributed by atoms with E-state index in [1.807, 2.05) is 37.3 Å². The van der Waals surface area contributed by atoms with E-state index in [1.54, 1.807) is 11.8 Å². The summed E-state index contributed by atoms with van der Waals surface area (Å²) in [6.07, 6.45) is 0. The first kappa shape index (κ1) is 10.6. The van der Waals surface area contributed by atoms with Gasteiger partial charge in [-0.25, -0.2) is 4.98 Å². The number of hydrogen-bond donors (Lipinski definition) is 0. The molecule has 0 radical (unpaired) electrons. The first-order valence-electron chi connectivity index (χ1n) is 4.55. The van der Waals surface area contributed by atoms with Crippen molar-refractivity contribution in [2.24, 2.45) is 0 Å². The van der Waals surface area contributed by atoms with Crippen LogP contribution in [-0.4, -0.2) is 4.98 Å². The Kier molecular flexibility index (Phi) is 3.34. The summed E-state index contributed by atoms with van der Waals surface area (Å²) in [7, 11) is 0. The molecule has 0 saturated carbocycles. The molecule has 0 N–H and O–H groups in total. The Hall–Kier alpha value is -0.930. The maximum atomic E-state index is 5.65. The summed E-state index contributed by atoms with van der Waals surface area (Å²) in [4.78, 5) is 5.34. The molecule has 0 aliphatic rings. The molecule has 1 aromatic heterocycles. The molecule has 15 heavy (non-hydrogen) atoms. The van der Waals surface area contributed by atoms with Crippen molar-refractivity contribution in [1.29, 1.82) is 0 Å². The molecule has 0 aliphatic heterocycles. The van der Waals surface area contributed by atoms with Gasteiger partial charge in [0.2, 0.25) is 5.89 Å². The van der Waals surface area contributed by atoms with Gasteiger partial charge < -0.3 is 4.42 Å². The highest BCUT2D eigenvalue weighted by molar-refractivity contribution is 7.99. The summed E-state index contributed by atoms with van der Waals surface area (Å²) < 4.78 is 5.49. The monoisotopic (exact) mass is 239 g/mol. The molecule has 0 saturated heterocycles. The summed E-state index contributed by atoms with van der Waals surface area (Å²) in [5.74, 6) is 0.892. The van der Waals surface area contributed by atoms with Gasteiger partial charge in [-0.05, 0) is 19.1 Å². The number of aromatic nitrogens is 1.